The van der Waals surface area contributed by atoms with Gasteiger partial charge in [-0.15, -0.1) is 0 Å². The molecule has 5 aromatic rings. The average molecular weight is 1020 g/mol. The van der Waals surface area contributed by atoms with Gasteiger partial charge in [-0.05, 0) is 79.4 Å². The second-order valence-electron chi connectivity index (χ2n) is 16.7. The topological polar surface area (TPSA) is 248 Å². The van der Waals surface area contributed by atoms with E-state index in [0.717, 1.165) is 23.5 Å². The number of aliphatic carboxylic acids is 1. The molecule has 0 aliphatic rings. The fraction of sp³-hybridized carbons (Fsp3) is 0.364. The molecule has 0 radical (unpaired) electrons. The van der Waals surface area contributed by atoms with Crippen molar-refractivity contribution < 1.29 is 71.6 Å². The van der Waals surface area contributed by atoms with Crippen molar-refractivity contribution in [2.45, 2.75) is 84.6 Å². The summed E-state index contributed by atoms with van der Waals surface area (Å²) in [4.78, 5) is 96.3. The Morgan fingerprint density at radius 2 is 1.42 bits per heavy atom. The third-order valence-corrected chi connectivity index (χ3v) is 11.4. The van der Waals surface area contributed by atoms with E-state index in [-0.39, 0.29) is 61.3 Å². The van der Waals surface area contributed by atoms with Crippen LogP contribution < -0.4 is 25.4 Å². The molecule has 74 heavy (non-hydrogen) atoms. The lowest BCUT2D eigenvalue weighted by Gasteiger charge is -2.31. The number of ether oxygens (including phenoxy) is 5. The van der Waals surface area contributed by atoms with Crippen molar-refractivity contribution in [2.75, 3.05) is 39.7 Å². The number of carboxylic acid groups (broad SMARTS) is 1. The first-order valence-corrected chi connectivity index (χ1v) is 24.5. The molecule has 19 heteroatoms. The van der Waals surface area contributed by atoms with Crippen molar-refractivity contribution in [3.63, 3.8) is 0 Å². The number of rotatable bonds is 33. The van der Waals surface area contributed by atoms with Crippen molar-refractivity contribution in [1.29, 1.82) is 0 Å². The third kappa shape index (κ3) is 18.2. The van der Waals surface area contributed by atoms with Crippen molar-refractivity contribution >= 4 is 42.0 Å². The van der Waals surface area contributed by atoms with Crippen LogP contribution in [0, 0.1) is 5.92 Å². The zero-order valence-electron chi connectivity index (χ0n) is 41.8. The van der Waals surface area contributed by atoms with Gasteiger partial charge in [-0.25, -0.2) is 9.59 Å². The highest BCUT2D eigenvalue weighted by Crippen LogP contribution is 2.30. The molecule has 5 rings (SSSR count). The summed E-state index contributed by atoms with van der Waals surface area (Å²) < 4.78 is 33.8. The lowest BCUT2D eigenvalue weighted by atomic mass is 9.90. The van der Waals surface area contributed by atoms with Crippen LogP contribution in [0.2, 0.25) is 0 Å². The van der Waals surface area contributed by atoms with Crippen LogP contribution in [0.5, 0.6) is 11.5 Å². The number of carbonyl (C=O) groups is 7. The van der Waals surface area contributed by atoms with Gasteiger partial charge >= 0.3 is 17.9 Å². The summed E-state index contributed by atoms with van der Waals surface area (Å²) >= 11 is 0. The van der Waals surface area contributed by atoms with E-state index < -0.39 is 60.1 Å². The Labute approximate surface area is 429 Å². The molecule has 1 heterocycles. The molecular formula is C55H64N4O15. The number of hydrogen-bond acceptors (Lipinski definition) is 14. The minimum atomic E-state index is -1.50. The SMILES string of the molecule is CCCCC[C@@H](C(=O)NCNC(=O)c1ccc(-c2ccc(C(=O)N[C@@H](CC(=O)O)C(=O)OCc3ccccc3)c(OCC)c2)o1)[C@@H](CC)N(C=O)OC(=O)c1ccc(OCCOCCOCc2ccccc2)cc1. The maximum Gasteiger partial charge on any atom is 0.363 e. The Balaban J connectivity index is 1.12. The van der Waals surface area contributed by atoms with E-state index in [4.69, 9.17) is 32.9 Å². The van der Waals surface area contributed by atoms with Crippen LogP contribution in [-0.2, 0) is 51.4 Å². The van der Waals surface area contributed by atoms with Crippen LogP contribution in [0.4, 0.5) is 0 Å². The Morgan fingerprint density at radius 3 is 2.08 bits per heavy atom. The Kier molecular flexibility index (Phi) is 23.6. The molecule has 3 atom stereocenters. The van der Waals surface area contributed by atoms with Crippen LogP contribution >= 0.6 is 0 Å². The van der Waals surface area contributed by atoms with Gasteiger partial charge < -0.3 is 54.0 Å². The predicted molar refractivity (Wildman–Crippen MR) is 269 cm³/mol. The average Bonchev–Trinajstić information content (AvgIpc) is 3.92. The number of carbonyl (C=O) groups excluding carboxylic acids is 6. The number of hydroxylamine groups is 2. The lowest BCUT2D eigenvalue weighted by molar-refractivity contribution is -0.171. The van der Waals surface area contributed by atoms with E-state index in [9.17, 15) is 38.7 Å². The summed E-state index contributed by atoms with van der Waals surface area (Å²) in [7, 11) is 0. The molecular weight excluding hydrogens is 957 g/mol. The fourth-order valence-corrected chi connectivity index (χ4v) is 7.58. The van der Waals surface area contributed by atoms with Crippen molar-refractivity contribution in [3.8, 4) is 22.8 Å². The number of benzene rings is 4. The molecule has 4 amide bonds. The van der Waals surface area contributed by atoms with Gasteiger partial charge in [0, 0.05) is 5.56 Å². The summed E-state index contributed by atoms with van der Waals surface area (Å²) in [6.07, 6.45) is 2.59. The van der Waals surface area contributed by atoms with Crippen molar-refractivity contribution in [1.82, 2.24) is 21.0 Å². The van der Waals surface area contributed by atoms with Gasteiger partial charge in [0.25, 0.3) is 11.8 Å². The minimum Gasteiger partial charge on any atom is -0.493 e. The van der Waals surface area contributed by atoms with Gasteiger partial charge in [0.15, 0.2) is 5.76 Å². The summed E-state index contributed by atoms with van der Waals surface area (Å²) in [5, 5.41) is 18.1. The molecule has 4 N–H and O–H groups in total. The highest BCUT2D eigenvalue weighted by Gasteiger charge is 2.34. The van der Waals surface area contributed by atoms with Crippen LogP contribution in [0.25, 0.3) is 11.3 Å². The first-order valence-electron chi connectivity index (χ1n) is 24.5. The van der Waals surface area contributed by atoms with E-state index in [1.54, 1.807) is 56.3 Å². The monoisotopic (exact) mass is 1020 g/mol. The molecule has 0 bridgehead atoms. The molecule has 0 unspecified atom stereocenters. The van der Waals surface area contributed by atoms with Gasteiger partial charge in [0.05, 0.1) is 69.2 Å². The largest absolute Gasteiger partial charge is 0.493 e. The molecule has 0 aliphatic heterocycles. The molecule has 0 saturated carbocycles. The highest BCUT2D eigenvalue weighted by atomic mass is 16.7. The zero-order chi connectivity index (χ0) is 53.1. The molecule has 0 fully saturated rings. The van der Waals surface area contributed by atoms with Crippen LogP contribution in [0.3, 0.4) is 0 Å². The Hall–Kier alpha value is -8.03. The van der Waals surface area contributed by atoms with Gasteiger partial charge in [0.1, 0.15) is 36.5 Å². The second kappa shape index (κ2) is 30.8. The second-order valence-corrected chi connectivity index (χ2v) is 16.7. The highest BCUT2D eigenvalue weighted by molar-refractivity contribution is 6.00. The molecule has 4 aromatic carbocycles. The first-order chi connectivity index (χ1) is 35.9. The van der Waals surface area contributed by atoms with Gasteiger partial charge in [0.2, 0.25) is 12.3 Å². The maximum atomic E-state index is 13.8. The summed E-state index contributed by atoms with van der Waals surface area (Å²) in [6, 6.07) is 29.9. The molecule has 394 valence electrons. The van der Waals surface area contributed by atoms with Gasteiger partial charge in [-0.2, -0.15) is 5.06 Å². The predicted octanol–water partition coefficient (Wildman–Crippen LogP) is 7.28. The minimum absolute atomic E-state index is 0.00155. The van der Waals surface area contributed by atoms with Crippen LogP contribution in [0.15, 0.2) is 120 Å². The van der Waals surface area contributed by atoms with E-state index in [0.29, 0.717) is 62.6 Å². The molecule has 0 saturated heterocycles. The third-order valence-electron chi connectivity index (χ3n) is 11.4. The number of hydrogen-bond donors (Lipinski definition) is 4. The number of nitrogens with one attached hydrogen (secondary N) is 3. The van der Waals surface area contributed by atoms with Crippen molar-refractivity contribution in [2.24, 2.45) is 5.92 Å². The number of nitrogens with zero attached hydrogens (tertiary/aromatic N) is 1. The normalized spacial score (nSPS) is 12.0. The number of unbranched alkanes of at least 4 members (excludes halogenated alkanes) is 2. The van der Waals surface area contributed by atoms with Crippen LogP contribution in [-0.4, -0.2) is 104 Å². The quantitative estimate of drug-likeness (QED) is 0.0106. The van der Waals surface area contributed by atoms with E-state index >= 15 is 0 Å². The standard InChI is InChI=1S/C55H64N4O15/c1-4-7-10-19-43(46(5-2)59(37-60)74-54(66)40-20-23-42(24-21-40)71-31-30-68-28-29-69-34-38-15-11-8-12-16-38)51(63)56-36-57-53(65)48-27-26-47(73-48)41-22-25-44(49(32-41)70-6-3)52(64)58-45(33-50(61)62)55(67)72-35-39-17-13-9-14-18-39/h8-9,11-18,20-27,32,37,43,45-46H,4-7,10,19,28-31,33-36H2,1-3H3,(H,56,63)(H,57,65)(H,58,64)(H,61,62)/t43-,45+,46-/m1/s1. The number of esters is 1. The van der Waals surface area contributed by atoms with Gasteiger partial charge in [-0.1, -0.05) is 99.8 Å². The maximum absolute atomic E-state index is 13.8. The molecule has 0 spiro atoms. The van der Waals surface area contributed by atoms with Crippen molar-refractivity contribution in [3.05, 3.63) is 143 Å². The van der Waals surface area contributed by atoms with E-state index in [1.807, 2.05) is 37.3 Å². The zero-order valence-corrected chi connectivity index (χ0v) is 41.8. The van der Waals surface area contributed by atoms with E-state index in [2.05, 4.69) is 16.0 Å². The van der Waals surface area contributed by atoms with Crippen LogP contribution in [0.1, 0.15) is 102 Å². The Morgan fingerprint density at radius 1 is 0.730 bits per heavy atom. The first kappa shape index (κ1) is 56.9. The number of furan rings is 1. The van der Waals surface area contributed by atoms with E-state index in [1.165, 1.54) is 42.5 Å². The Bertz CT molecular complexity index is 2570. The van der Waals surface area contributed by atoms with Gasteiger partial charge in [-0.3, -0.25) is 24.0 Å². The number of amides is 4. The summed E-state index contributed by atoms with van der Waals surface area (Å²) in [6.45, 7) is 7.14. The fourth-order valence-electron chi connectivity index (χ4n) is 7.58. The smallest absolute Gasteiger partial charge is 0.363 e. The molecule has 19 nitrogen and oxygen atoms in total. The summed E-state index contributed by atoms with van der Waals surface area (Å²) in [5.74, 6) is -5.09. The number of carboxylic acids is 1. The molecule has 0 aliphatic carbocycles. The summed E-state index contributed by atoms with van der Waals surface area (Å²) in [5.41, 5.74) is 2.33. The molecule has 1 aromatic heterocycles. The lowest BCUT2D eigenvalue weighted by Crippen LogP contribution is -2.49.